The summed E-state index contributed by atoms with van der Waals surface area (Å²) in [7, 11) is 0. The quantitative estimate of drug-likeness (QED) is 0.772. The van der Waals surface area contributed by atoms with Gasteiger partial charge < -0.3 is 20.1 Å². The molecule has 1 saturated heterocycles. The Labute approximate surface area is 157 Å². The van der Waals surface area contributed by atoms with Crippen LogP contribution in [0.25, 0.3) is 0 Å². The molecule has 2 N–H and O–H groups in total. The Balaban J connectivity index is 1.44. The smallest absolute Gasteiger partial charge is 0.319 e. The third-order valence-corrected chi connectivity index (χ3v) is 4.85. The number of aromatic nitrogens is 2. The molecule has 140 valence electrons. The maximum Gasteiger partial charge on any atom is 0.319 e. The predicted molar refractivity (Wildman–Crippen MR) is 101 cm³/mol. The first-order chi connectivity index (χ1) is 12.6. The van der Waals surface area contributed by atoms with Crippen molar-refractivity contribution in [3.05, 3.63) is 34.8 Å². The van der Waals surface area contributed by atoms with E-state index < -0.39 is 0 Å². The normalized spacial score (nSPS) is 16.7. The summed E-state index contributed by atoms with van der Waals surface area (Å²) in [6.07, 6.45) is 2.34. The van der Waals surface area contributed by atoms with Crippen molar-refractivity contribution in [2.24, 2.45) is 0 Å². The van der Waals surface area contributed by atoms with E-state index in [1.54, 1.807) is 0 Å². The molecule has 8 heteroatoms. The van der Waals surface area contributed by atoms with Crippen molar-refractivity contribution in [2.45, 2.75) is 45.3 Å². The lowest BCUT2D eigenvalue weighted by Crippen LogP contribution is -2.28. The van der Waals surface area contributed by atoms with E-state index in [0.717, 1.165) is 35.8 Å². The van der Waals surface area contributed by atoms with E-state index in [1.165, 1.54) is 11.5 Å². The number of anilines is 1. The second-order valence-electron chi connectivity index (χ2n) is 6.51. The third-order valence-electron chi connectivity index (χ3n) is 4.11. The fraction of sp³-hybridized carbons (Fsp3) is 0.500. The lowest BCUT2D eigenvalue weighted by molar-refractivity contribution is 0.0679. The molecule has 2 amide bonds. The monoisotopic (exact) mass is 376 g/mol. The van der Waals surface area contributed by atoms with Crippen LogP contribution >= 0.6 is 11.5 Å². The van der Waals surface area contributed by atoms with Gasteiger partial charge in [-0.1, -0.05) is 18.3 Å². The van der Waals surface area contributed by atoms with Gasteiger partial charge in [0.25, 0.3) is 0 Å². The number of benzene rings is 1. The molecule has 0 radical (unpaired) electrons. The number of ether oxygens (including phenoxy) is 2. The average molecular weight is 376 g/mol. The number of hydrogen-bond donors (Lipinski definition) is 2. The molecule has 1 aliphatic rings. The molecule has 0 saturated carbocycles. The first kappa shape index (κ1) is 18.6. The van der Waals surface area contributed by atoms with Crippen molar-refractivity contribution >= 4 is 23.3 Å². The first-order valence-corrected chi connectivity index (χ1v) is 9.59. The van der Waals surface area contributed by atoms with Gasteiger partial charge in [-0.2, -0.15) is 0 Å². The zero-order valence-corrected chi connectivity index (χ0v) is 15.8. The van der Waals surface area contributed by atoms with Gasteiger partial charge in [0.1, 0.15) is 12.4 Å². The second-order valence-corrected chi connectivity index (χ2v) is 7.35. The standard InChI is InChI=1S/C18H24N4O3S/c1-12(2)17-16(26-22-21-17)10-19-18(23)20-13-5-7-14(8-6-13)25-11-15-4-3-9-24-15/h5-8,12,15H,3-4,9-11H2,1-2H3,(H2,19,20,23). The highest BCUT2D eigenvalue weighted by Gasteiger charge is 2.16. The van der Waals surface area contributed by atoms with E-state index in [-0.39, 0.29) is 18.1 Å². The van der Waals surface area contributed by atoms with Crippen LogP contribution in [-0.2, 0) is 11.3 Å². The zero-order chi connectivity index (χ0) is 18.4. The maximum absolute atomic E-state index is 12.1. The summed E-state index contributed by atoms with van der Waals surface area (Å²) in [4.78, 5) is 13.0. The highest BCUT2D eigenvalue weighted by Crippen LogP contribution is 2.20. The van der Waals surface area contributed by atoms with Crippen molar-refractivity contribution in [3.8, 4) is 5.75 Å². The lowest BCUT2D eigenvalue weighted by atomic mass is 10.1. The highest BCUT2D eigenvalue weighted by molar-refractivity contribution is 7.05. The predicted octanol–water partition coefficient (Wildman–Crippen LogP) is 3.54. The molecule has 7 nitrogen and oxygen atoms in total. The van der Waals surface area contributed by atoms with Gasteiger partial charge in [0, 0.05) is 12.3 Å². The van der Waals surface area contributed by atoms with E-state index in [9.17, 15) is 4.79 Å². The Bertz CT molecular complexity index is 711. The topological polar surface area (TPSA) is 85.4 Å². The van der Waals surface area contributed by atoms with Crippen LogP contribution in [0.15, 0.2) is 24.3 Å². The van der Waals surface area contributed by atoms with Crippen LogP contribution < -0.4 is 15.4 Å². The summed E-state index contributed by atoms with van der Waals surface area (Å²) >= 11 is 1.31. The molecule has 1 aromatic carbocycles. The zero-order valence-electron chi connectivity index (χ0n) is 15.0. The van der Waals surface area contributed by atoms with Gasteiger partial charge in [-0.3, -0.25) is 0 Å². The van der Waals surface area contributed by atoms with Crippen LogP contribution in [0.5, 0.6) is 5.75 Å². The molecule has 2 aromatic rings. The van der Waals surface area contributed by atoms with Crippen LogP contribution in [-0.4, -0.2) is 34.9 Å². The molecule has 1 fully saturated rings. The third kappa shape index (κ3) is 5.15. The van der Waals surface area contributed by atoms with E-state index in [1.807, 2.05) is 24.3 Å². The van der Waals surface area contributed by atoms with Gasteiger partial charge in [-0.05, 0) is 54.6 Å². The first-order valence-electron chi connectivity index (χ1n) is 8.82. The van der Waals surface area contributed by atoms with Crippen molar-refractivity contribution in [1.29, 1.82) is 0 Å². The van der Waals surface area contributed by atoms with Crippen molar-refractivity contribution < 1.29 is 14.3 Å². The van der Waals surface area contributed by atoms with Crippen LogP contribution in [0.2, 0.25) is 0 Å². The fourth-order valence-corrected chi connectivity index (χ4v) is 3.45. The van der Waals surface area contributed by atoms with E-state index in [4.69, 9.17) is 9.47 Å². The molecule has 3 rings (SSSR count). The van der Waals surface area contributed by atoms with Crippen molar-refractivity contribution in [3.63, 3.8) is 0 Å². The largest absolute Gasteiger partial charge is 0.491 e. The Morgan fingerprint density at radius 3 is 2.88 bits per heavy atom. The van der Waals surface area contributed by atoms with Gasteiger partial charge in [0.15, 0.2) is 0 Å². The van der Waals surface area contributed by atoms with Crippen LogP contribution in [0, 0.1) is 0 Å². The van der Waals surface area contributed by atoms with E-state index in [0.29, 0.717) is 18.8 Å². The molecule has 1 atom stereocenters. The van der Waals surface area contributed by atoms with Gasteiger partial charge in [0.05, 0.1) is 23.2 Å². The number of hydrogen-bond acceptors (Lipinski definition) is 6. The number of rotatable bonds is 7. The van der Waals surface area contributed by atoms with Gasteiger partial charge in [0.2, 0.25) is 0 Å². The van der Waals surface area contributed by atoms with Crippen molar-refractivity contribution in [1.82, 2.24) is 14.9 Å². The molecule has 1 aliphatic heterocycles. The van der Waals surface area contributed by atoms with E-state index in [2.05, 4.69) is 34.1 Å². The average Bonchev–Trinajstić information content (AvgIpc) is 3.31. The molecule has 0 bridgehead atoms. The van der Waals surface area contributed by atoms with Crippen molar-refractivity contribution in [2.75, 3.05) is 18.5 Å². The van der Waals surface area contributed by atoms with Gasteiger partial charge in [-0.15, -0.1) is 5.10 Å². The summed E-state index contributed by atoms with van der Waals surface area (Å²) in [5, 5.41) is 9.76. The minimum atomic E-state index is -0.263. The highest BCUT2D eigenvalue weighted by atomic mass is 32.1. The van der Waals surface area contributed by atoms with Crippen LogP contribution in [0.3, 0.4) is 0 Å². The molecule has 0 spiro atoms. The number of nitrogens with zero attached hydrogens (tertiary/aromatic N) is 2. The second kappa shape index (κ2) is 8.95. The fourth-order valence-electron chi connectivity index (χ4n) is 2.71. The SMILES string of the molecule is CC(C)c1nnsc1CNC(=O)Nc1ccc(OCC2CCCO2)cc1. The minimum Gasteiger partial charge on any atom is -0.491 e. The molecule has 1 unspecified atom stereocenters. The van der Waals surface area contributed by atoms with Crippen LogP contribution in [0.4, 0.5) is 10.5 Å². The summed E-state index contributed by atoms with van der Waals surface area (Å²) in [5.41, 5.74) is 1.64. The molecule has 2 heterocycles. The van der Waals surface area contributed by atoms with Gasteiger partial charge in [-0.25, -0.2) is 4.79 Å². The summed E-state index contributed by atoms with van der Waals surface area (Å²) in [6, 6.07) is 7.06. The molecule has 26 heavy (non-hydrogen) atoms. The van der Waals surface area contributed by atoms with Gasteiger partial charge >= 0.3 is 6.03 Å². The Kier molecular flexibility index (Phi) is 6.40. The Morgan fingerprint density at radius 1 is 1.38 bits per heavy atom. The number of nitrogens with one attached hydrogen (secondary N) is 2. The summed E-state index contributed by atoms with van der Waals surface area (Å²) in [5.74, 6) is 1.06. The number of carbonyl (C=O) groups excluding carboxylic acids is 1. The molecule has 0 aliphatic carbocycles. The number of carbonyl (C=O) groups is 1. The van der Waals surface area contributed by atoms with E-state index >= 15 is 0 Å². The molecular weight excluding hydrogens is 352 g/mol. The maximum atomic E-state index is 12.1. The summed E-state index contributed by atoms with van der Waals surface area (Å²) in [6.45, 7) is 5.92. The number of amides is 2. The number of urea groups is 1. The lowest BCUT2D eigenvalue weighted by Gasteiger charge is -2.12. The summed E-state index contributed by atoms with van der Waals surface area (Å²) < 4.78 is 15.2. The minimum absolute atomic E-state index is 0.190. The molecular formula is C18H24N4O3S. The molecule has 1 aromatic heterocycles. The Hall–Kier alpha value is -2.19. The van der Waals surface area contributed by atoms with Crippen LogP contribution in [0.1, 0.15) is 43.2 Å². The Morgan fingerprint density at radius 2 is 2.19 bits per heavy atom.